The molecule has 0 amide bonds. The van der Waals surface area contributed by atoms with E-state index in [0.717, 1.165) is 5.56 Å². The molecular formula is C30H26BrClN2O6S. The third-order valence-electron chi connectivity index (χ3n) is 6.40. The number of furan rings is 1. The largest absolute Gasteiger partial charge is 0.493 e. The van der Waals surface area contributed by atoms with Crippen molar-refractivity contribution < 1.29 is 23.4 Å². The second-order valence-electron chi connectivity index (χ2n) is 8.97. The molecule has 1 aliphatic rings. The molecule has 1 atom stereocenters. The smallest absolute Gasteiger partial charge is 0.338 e. The summed E-state index contributed by atoms with van der Waals surface area (Å²) >= 11 is 11.0. The number of aromatic nitrogens is 1. The van der Waals surface area contributed by atoms with Crippen molar-refractivity contribution in [2.24, 2.45) is 4.99 Å². The van der Waals surface area contributed by atoms with Gasteiger partial charge in [-0.2, -0.15) is 0 Å². The summed E-state index contributed by atoms with van der Waals surface area (Å²) in [7, 11) is 1.54. The third kappa shape index (κ3) is 5.64. The number of carbonyl (C=O) groups excluding carboxylic acids is 1. The number of carbonyl (C=O) groups is 1. The lowest BCUT2D eigenvalue weighted by atomic mass is 9.95. The zero-order chi connectivity index (χ0) is 29.3. The van der Waals surface area contributed by atoms with Gasteiger partial charge in [-0.15, -0.1) is 0 Å². The minimum absolute atomic E-state index is 0.175. The first-order valence-corrected chi connectivity index (χ1v) is 14.8. The Labute approximate surface area is 253 Å². The molecule has 0 aliphatic carbocycles. The van der Waals surface area contributed by atoms with Crippen LogP contribution in [0.3, 0.4) is 0 Å². The van der Waals surface area contributed by atoms with Crippen molar-refractivity contribution in [2.45, 2.75) is 26.8 Å². The number of halogens is 2. The van der Waals surface area contributed by atoms with Gasteiger partial charge in [0, 0.05) is 21.1 Å². The molecule has 2 aromatic carbocycles. The van der Waals surface area contributed by atoms with Gasteiger partial charge in [-0.3, -0.25) is 9.36 Å². The lowest BCUT2D eigenvalue weighted by Gasteiger charge is -2.26. The van der Waals surface area contributed by atoms with Crippen LogP contribution in [0.1, 0.15) is 38.1 Å². The highest BCUT2D eigenvalue weighted by atomic mass is 79.9. The maximum absolute atomic E-state index is 14.0. The highest BCUT2D eigenvalue weighted by molar-refractivity contribution is 9.10. The number of esters is 1. The molecule has 41 heavy (non-hydrogen) atoms. The Morgan fingerprint density at radius 2 is 1.98 bits per heavy atom. The Hall–Kier alpha value is -3.60. The molecule has 5 rings (SSSR count). The van der Waals surface area contributed by atoms with Crippen molar-refractivity contribution in [2.75, 3.05) is 20.3 Å². The molecule has 0 saturated carbocycles. The van der Waals surface area contributed by atoms with Gasteiger partial charge in [0.2, 0.25) is 0 Å². The third-order valence-corrected chi connectivity index (χ3v) is 8.31. The van der Waals surface area contributed by atoms with E-state index in [2.05, 4.69) is 20.9 Å². The Morgan fingerprint density at radius 1 is 1.17 bits per heavy atom. The number of benzene rings is 2. The van der Waals surface area contributed by atoms with Gasteiger partial charge in [0.25, 0.3) is 5.56 Å². The highest BCUT2D eigenvalue weighted by Gasteiger charge is 2.35. The molecule has 0 radical (unpaired) electrons. The first kappa shape index (κ1) is 28.9. The van der Waals surface area contributed by atoms with E-state index in [-0.39, 0.29) is 17.7 Å². The Morgan fingerprint density at radius 3 is 2.68 bits per heavy atom. The molecule has 1 aliphatic heterocycles. The van der Waals surface area contributed by atoms with Crippen LogP contribution in [0.25, 0.3) is 17.4 Å². The van der Waals surface area contributed by atoms with Gasteiger partial charge in [-0.05, 0) is 62.7 Å². The molecule has 0 saturated heterocycles. The molecular weight excluding hydrogens is 632 g/mol. The van der Waals surface area contributed by atoms with E-state index >= 15 is 0 Å². The van der Waals surface area contributed by atoms with Gasteiger partial charge < -0.3 is 18.6 Å². The van der Waals surface area contributed by atoms with Crippen LogP contribution in [0.15, 0.2) is 78.5 Å². The SMILES string of the molecule is CCOC(=O)C1=C(C)N=c2s/c(=C/c3ccc(-c4cccc(Cl)c4)o3)c(=O)n2[C@H]1c1cc(OC)c(OCC)cc1Br. The minimum atomic E-state index is -0.829. The average molecular weight is 658 g/mol. The number of fused-ring (bicyclic) bond motifs is 1. The molecule has 212 valence electrons. The standard InChI is InChI=1S/C30H26BrClN2O6S/c1-5-38-24-15-21(31)20(14-23(24)37-4)27-26(29(36)39-6-2)16(3)33-30-34(27)28(35)25(41-30)13-19-10-11-22(40-19)17-8-7-9-18(32)12-17/h7-15,27H,5-6H2,1-4H3/b25-13+/t27-/m0/s1. The summed E-state index contributed by atoms with van der Waals surface area (Å²) in [6.07, 6.45) is 1.67. The number of thiazole rings is 1. The van der Waals surface area contributed by atoms with Gasteiger partial charge in [-0.25, -0.2) is 9.79 Å². The molecule has 0 spiro atoms. The van der Waals surface area contributed by atoms with Crippen molar-refractivity contribution in [1.82, 2.24) is 4.57 Å². The number of nitrogens with zero attached hydrogens (tertiary/aromatic N) is 2. The van der Waals surface area contributed by atoms with Crippen molar-refractivity contribution in [3.05, 3.63) is 100 Å². The fraction of sp³-hybridized carbons (Fsp3) is 0.233. The fourth-order valence-electron chi connectivity index (χ4n) is 4.63. The molecule has 4 aromatic rings. The summed E-state index contributed by atoms with van der Waals surface area (Å²) < 4.78 is 25.3. The van der Waals surface area contributed by atoms with Crippen LogP contribution in [0, 0.1) is 0 Å². The summed E-state index contributed by atoms with van der Waals surface area (Å²) in [5, 5.41) is 0.596. The molecule has 0 bridgehead atoms. The van der Waals surface area contributed by atoms with E-state index in [1.807, 2.05) is 25.1 Å². The van der Waals surface area contributed by atoms with Gasteiger partial charge in [0.1, 0.15) is 11.5 Å². The molecule has 11 heteroatoms. The number of methoxy groups -OCH3 is 1. The normalized spacial score (nSPS) is 15.0. The lowest BCUT2D eigenvalue weighted by Crippen LogP contribution is -2.40. The Bertz CT molecular complexity index is 1850. The topological polar surface area (TPSA) is 92.3 Å². The number of rotatable bonds is 8. The molecule has 0 N–H and O–H groups in total. The highest BCUT2D eigenvalue weighted by Crippen LogP contribution is 2.41. The quantitative estimate of drug-likeness (QED) is 0.220. The second-order valence-corrected chi connectivity index (χ2v) is 11.3. The number of hydrogen-bond donors (Lipinski definition) is 0. The minimum Gasteiger partial charge on any atom is -0.493 e. The van der Waals surface area contributed by atoms with Crippen LogP contribution in [-0.2, 0) is 9.53 Å². The predicted molar refractivity (Wildman–Crippen MR) is 161 cm³/mol. The van der Waals surface area contributed by atoms with E-state index in [0.29, 0.717) is 59.7 Å². The van der Waals surface area contributed by atoms with E-state index in [4.69, 9.17) is 30.2 Å². The lowest BCUT2D eigenvalue weighted by molar-refractivity contribution is -0.139. The van der Waals surface area contributed by atoms with E-state index in [1.54, 1.807) is 50.3 Å². The summed E-state index contributed by atoms with van der Waals surface area (Å²) in [6, 6.07) is 13.6. The van der Waals surface area contributed by atoms with Gasteiger partial charge in [0.15, 0.2) is 16.3 Å². The summed E-state index contributed by atoms with van der Waals surface area (Å²) in [5.74, 6) is 1.56. The second kappa shape index (κ2) is 12.1. The van der Waals surface area contributed by atoms with E-state index in [9.17, 15) is 9.59 Å². The van der Waals surface area contributed by atoms with Crippen molar-refractivity contribution in [3.8, 4) is 22.8 Å². The monoisotopic (exact) mass is 656 g/mol. The maximum Gasteiger partial charge on any atom is 0.338 e. The average Bonchev–Trinajstić information content (AvgIpc) is 3.53. The van der Waals surface area contributed by atoms with Crippen LogP contribution in [0.5, 0.6) is 11.5 Å². The first-order chi connectivity index (χ1) is 19.7. The van der Waals surface area contributed by atoms with Gasteiger partial charge >= 0.3 is 5.97 Å². The van der Waals surface area contributed by atoms with Gasteiger partial charge in [-0.1, -0.05) is 51.0 Å². The molecule has 2 aromatic heterocycles. The number of allylic oxidation sites excluding steroid dienone is 1. The fourth-order valence-corrected chi connectivity index (χ4v) is 6.39. The first-order valence-electron chi connectivity index (χ1n) is 12.8. The molecule has 8 nitrogen and oxygen atoms in total. The van der Waals surface area contributed by atoms with Crippen molar-refractivity contribution in [3.63, 3.8) is 0 Å². The predicted octanol–water partition coefficient (Wildman–Crippen LogP) is 5.88. The Kier molecular flexibility index (Phi) is 8.53. The zero-order valence-corrected chi connectivity index (χ0v) is 25.9. The summed E-state index contributed by atoms with van der Waals surface area (Å²) in [4.78, 5) is 32.3. The summed E-state index contributed by atoms with van der Waals surface area (Å²) in [6.45, 7) is 5.96. The number of ether oxygens (including phenoxy) is 3. The number of hydrogen-bond acceptors (Lipinski definition) is 8. The van der Waals surface area contributed by atoms with Crippen LogP contribution in [0.4, 0.5) is 0 Å². The van der Waals surface area contributed by atoms with Gasteiger partial charge in [0.05, 0.1) is 42.2 Å². The molecule has 0 unspecified atom stereocenters. The Balaban J connectivity index is 1.68. The van der Waals surface area contributed by atoms with E-state index in [1.165, 1.54) is 23.0 Å². The van der Waals surface area contributed by atoms with Crippen LogP contribution >= 0.6 is 38.9 Å². The van der Waals surface area contributed by atoms with Crippen molar-refractivity contribution >= 4 is 50.9 Å². The van der Waals surface area contributed by atoms with Crippen LogP contribution < -0.4 is 24.4 Å². The molecule has 0 fully saturated rings. The van der Waals surface area contributed by atoms with Crippen molar-refractivity contribution in [1.29, 1.82) is 0 Å². The molecule has 3 heterocycles. The summed E-state index contributed by atoms with van der Waals surface area (Å²) in [5.41, 5.74) is 1.84. The van der Waals surface area contributed by atoms with Crippen LogP contribution in [-0.4, -0.2) is 30.9 Å². The van der Waals surface area contributed by atoms with E-state index < -0.39 is 12.0 Å². The maximum atomic E-state index is 14.0. The van der Waals surface area contributed by atoms with Crippen LogP contribution in [0.2, 0.25) is 5.02 Å². The zero-order valence-electron chi connectivity index (χ0n) is 22.7.